The molecule has 4 aromatic carbocycles. The normalized spacial score (nSPS) is 21.5. The van der Waals surface area contributed by atoms with Crippen molar-refractivity contribution in [1.82, 2.24) is 4.57 Å². The van der Waals surface area contributed by atoms with E-state index in [0.29, 0.717) is 19.8 Å². The summed E-state index contributed by atoms with van der Waals surface area (Å²) in [6, 6.07) is 38.1. The maximum Gasteiger partial charge on any atom is 0.303 e. The van der Waals surface area contributed by atoms with E-state index in [2.05, 4.69) is 23.6 Å². The predicted molar refractivity (Wildman–Crippen MR) is 172 cm³/mol. The molecule has 0 spiro atoms. The number of rotatable bonds is 12. The lowest BCUT2D eigenvalue weighted by atomic mass is 9.96. The molecule has 1 aromatic heterocycles. The number of benzene rings is 4. The Balaban J connectivity index is 1.38. The first-order valence-corrected chi connectivity index (χ1v) is 15.4. The minimum absolute atomic E-state index is 0.251. The van der Waals surface area contributed by atoms with Crippen LogP contribution in [0.5, 0.6) is 0 Å². The number of aryl methyl sites for hydroxylation is 1. The Morgan fingerprint density at radius 2 is 1.22 bits per heavy atom. The van der Waals surface area contributed by atoms with Crippen LogP contribution in [-0.4, -0.2) is 41.6 Å². The smallest absolute Gasteiger partial charge is 0.303 e. The van der Waals surface area contributed by atoms with Crippen LogP contribution in [0, 0.1) is 6.92 Å². The molecule has 45 heavy (non-hydrogen) atoms. The molecule has 5 atom stereocenters. The fourth-order valence-corrected chi connectivity index (χ4v) is 5.95. The summed E-state index contributed by atoms with van der Waals surface area (Å²) in [7, 11) is 0. The minimum Gasteiger partial charge on any atom is -0.455 e. The number of ether oxygens (including phenoxy) is 5. The molecule has 7 nitrogen and oxygen atoms in total. The summed E-state index contributed by atoms with van der Waals surface area (Å²) in [4.78, 5) is 12.7. The van der Waals surface area contributed by atoms with Crippen LogP contribution in [-0.2, 0) is 48.3 Å². The van der Waals surface area contributed by atoms with Gasteiger partial charge in [-0.15, -0.1) is 0 Å². The van der Waals surface area contributed by atoms with E-state index in [9.17, 15) is 4.79 Å². The van der Waals surface area contributed by atoms with Gasteiger partial charge in [-0.2, -0.15) is 0 Å². The van der Waals surface area contributed by atoms with Gasteiger partial charge in [-0.1, -0.05) is 109 Å². The van der Waals surface area contributed by atoms with E-state index in [0.717, 1.165) is 33.2 Å². The van der Waals surface area contributed by atoms with Crippen molar-refractivity contribution in [1.29, 1.82) is 0 Å². The number of para-hydroxylation sites is 1. The van der Waals surface area contributed by atoms with E-state index in [-0.39, 0.29) is 6.61 Å². The average Bonchev–Trinajstić information content (AvgIpc) is 3.41. The summed E-state index contributed by atoms with van der Waals surface area (Å²) < 4.78 is 34.6. The second-order valence-electron chi connectivity index (χ2n) is 11.4. The number of carbonyl (C=O) groups is 1. The van der Waals surface area contributed by atoms with Gasteiger partial charge >= 0.3 is 5.97 Å². The zero-order chi connectivity index (χ0) is 31.0. The van der Waals surface area contributed by atoms with Crippen molar-refractivity contribution < 1.29 is 28.5 Å². The maximum atomic E-state index is 12.7. The Labute approximate surface area is 264 Å². The SMILES string of the molecule is CC(=O)O[C@@H]1[C@@H](OCc2ccccc2)[C@H](OCc2ccccc2)[C@@H](COCc2ccccc2)O[C@H]1n1cc(C)c2ccccc21. The third-order valence-corrected chi connectivity index (χ3v) is 8.09. The zero-order valence-corrected chi connectivity index (χ0v) is 25.7. The number of hydrogen-bond donors (Lipinski definition) is 0. The molecular weight excluding hydrogens is 566 g/mol. The Hall–Kier alpha value is -4.27. The lowest BCUT2D eigenvalue weighted by Gasteiger charge is -2.46. The molecule has 0 amide bonds. The third-order valence-electron chi connectivity index (χ3n) is 8.09. The van der Waals surface area contributed by atoms with E-state index < -0.39 is 36.6 Å². The molecule has 7 heteroatoms. The van der Waals surface area contributed by atoms with Crippen molar-refractivity contribution >= 4 is 16.9 Å². The molecule has 232 valence electrons. The quantitative estimate of drug-likeness (QED) is 0.141. The standard InChI is InChI=1S/C38H39NO6/c1-27-22-39(33-21-13-12-20-32(27)33)38-37(44-28(2)40)36(43-25-31-18-10-5-11-19-31)35(42-24-30-16-8-4-9-17-30)34(45-38)26-41-23-29-14-6-3-7-15-29/h3-22,34-38H,23-26H2,1-2H3/t34-,35-,36+,37-,38-/m1/s1. The van der Waals surface area contributed by atoms with Gasteiger partial charge in [0.25, 0.3) is 0 Å². The van der Waals surface area contributed by atoms with E-state index in [1.165, 1.54) is 6.92 Å². The third kappa shape index (κ3) is 7.52. The van der Waals surface area contributed by atoms with Crippen LogP contribution < -0.4 is 0 Å². The molecule has 0 aliphatic carbocycles. The van der Waals surface area contributed by atoms with Crippen LogP contribution in [0.1, 0.15) is 35.4 Å². The second-order valence-corrected chi connectivity index (χ2v) is 11.4. The Kier molecular flexibility index (Phi) is 10.0. The molecular formula is C38H39NO6. The molecule has 1 fully saturated rings. The number of nitrogens with zero attached hydrogens (tertiary/aromatic N) is 1. The summed E-state index contributed by atoms with van der Waals surface area (Å²) in [6.45, 7) is 4.80. The largest absolute Gasteiger partial charge is 0.455 e. The molecule has 2 heterocycles. The van der Waals surface area contributed by atoms with Gasteiger partial charge in [0.2, 0.25) is 0 Å². The van der Waals surface area contributed by atoms with Crippen LogP contribution in [0.25, 0.3) is 10.9 Å². The highest BCUT2D eigenvalue weighted by molar-refractivity contribution is 5.83. The van der Waals surface area contributed by atoms with Crippen LogP contribution in [0.15, 0.2) is 121 Å². The Morgan fingerprint density at radius 1 is 0.689 bits per heavy atom. The van der Waals surface area contributed by atoms with Crippen LogP contribution in [0.2, 0.25) is 0 Å². The van der Waals surface area contributed by atoms with E-state index >= 15 is 0 Å². The minimum atomic E-state index is -0.799. The summed E-state index contributed by atoms with van der Waals surface area (Å²) in [5, 5.41) is 1.10. The fourth-order valence-electron chi connectivity index (χ4n) is 5.95. The number of esters is 1. The second kappa shape index (κ2) is 14.7. The molecule has 0 saturated carbocycles. The van der Waals surface area contributed by atoms with Gasteiger partial charge in [0, 0.05) is 18.5 Å². The Bertz CT molecular complexity index is 1660. The van der Waals surface area contributed by atoms with Crippen molar-refractivity contribution in [2.45, 2.75) is 64.3 Å². The van der Waals surface area contributed by atoms with Crippen molar-refractivity contribution in [2.24, 2.45) is 0 Å². The average molecular weight is 606 g/mol. The van der Waals surface area contributed by atoms with Gasteiger partial charge in [-0.3, -0.25) is 4.79 Å². The molecule has 1 aliphatic heterocycles. The lowest BCUT2D eigenvalue weighted by Crippen LogP contribution is -2.59. The summed E-state index contributed by atoms with van der Waals surface area (Å²) >= 11 is 0. The monoisotopic (exact) mass is 605 g/mol. The highest BCUT2D eigenvalue weighted by Gasteiger charge is 2.50. The first-order valence-electron chi connectivity index (χ1n) is 15.4. The molecule has 6 rings (SSSR count). The zero-order valence-electron chi connectivity index (χ0n) is 25.7. The van der Waals surface area contributed by atoms with Crippen molar-refractivity contribution in [2.75, 3.05) is 6.61 Å². The van der Waals surface area contributed by atoms with Crippen molar-refractivity contribution in [3.8, 4) is 0 Å². The Morgan fingerprint density at radius 3 is 1.82 bits per heavy atom. The van der Waals surface area contributed by atoms with Gasteiger partial charge in [0.15, 0.2) is 12.3 Å². The maximum absolute atomic E-state index is 12.7. The van der Waals surface area contributed by atoms with Crippen molar-refractivity contribution in [3.63, 3.8) is 0 Å². The lowest BCUT2D eigenvalue weighted by molar-refractivity contribution is -0.282. The predicted octanol–water partition coefficient (Wildman–Crippen LogP) is 7.17. The van der Waals surface area contributed by atoms with Gasteiger partial charge in [-0.05, 0) is 35.2 Å². The van der Waals surface area contributed by atoms with Gasteiger partial charge in [-0.25, -0.2) is 0 Å². The topological polar surface area (TPSA) is 68.2 Å². The summed E-state index contributed by atoms with van der Waals surface area (Å²) in [5.41, 5.74) is 5.15. The van der Waals surface area contributed by atoms with Gasteiger partial charge < -0.3 is 28.3 Å². The van der Waals surface area contributed by atoms with Gasteiger partial charge in [0.05, 0.1) is 31.9 Å². The van der Waals surface area contributed by atoms with E-state index in [4.69, 9.17) is 23.7 Å². The van der Waals surface area contributed by atoms with Crippen molar-refractivity contribution in [3.05, 3.63) is 144 Å². The highest BCUT2D eigenvalue weighted by atomic mass is 16.6. The van der Waals surface area contributed by atoms with Crippen LogP contribution >= 0.6 is 0 Å². The van der Waals surface area contributed by atoms with E-state index in [1.54, 1.807) is 0 Å². The molecule has 0 radical (unpaired) electrons. The molecule has 0 N–H and O–H groups in total. The molecule has 0 bridgehead atoms. The summed E-state index contributed by atoms with van der Waals surface area (Å²) in [5.74, 6) is -0.421. The molecule has 5 aromatic rings. The first-order chi connectivity index (χ1) is 22.1. The molecule has 1 saturated heterocycles. The first kappa shape index (κ1) is 30.7. The van der Waals surface area contributed by atoms with Gasteiger partial charge in [0.1, 0.15) is 18.3 Å². The number of hydrogen-bond acceptors (Lipinski definition) is 6. The van der Waals surface area contributed by atoms with E-state index in [1.807, 2.05) is 109 Å². The molecule has 1 aliphatic rings. The van der Waals surface area contributed by atoms with Crippen LogP contribution in [0.4, 0.5) is 0 Å². The molecule has 0 unspecified atom stereocenters. The van der Waals surface area contributed by atoms with Crippen LogP contribution in [0.3, 0.4) is 0 Å². The fraction of sp³-hybridized carbons (Fsp3) is 0.289. The number of carbonyl (C=O) groups excluding carboxylic acids is 1. The number of aromatic nitrogens is 1. The number of fused-ring (bicyclic) bond motifs is 1. The highest BCUT2D eigenvalue weighted by Crippen LogP contribution is 2.38. The summed E-state index contributed by atoms with van der Waals surface area (Å²) in [6.07, 6.45) is -1.23.